The van der Waals surface area contributed by atoms with Gasteiger partial charge in [0.2, 0.25) is 0 Å². The number of anilines is 1. The van der Waals surface area contributed by atoms with E-state index in [4.69, 9.17) is 0 Å². The second kappa shape index (κ2) is 4.69. The average molecular weight is 219 g/mol. The summed E-state index contributed by atoms with van der Waals surface area (Å²) in [5.41, 5.74) is 3.42. The second-order valence-corrected chi connectivity index (χ2v) is 5.25. The van der Waals surface area contributed by atoms with Crippen molar-refractivity contribution in [1.29, 1.82) is 0 Å². The normalized spacial score (nSPS) is 11.3. The van der Waals surface area contributed by atoms with Crippen molar-refractivity contribution in [2.45, 2.75) is 27.7 Å². The first-order chi connectivity index (χ1) is 7.35. The topological polar surface area (TPSA) is 20.3 Å². The predicted octanol–water partition coefficient (Wildman–Crippen LogP) is 2.96. The molecule has 0 atom stereocenters. The van der Waals surface area contributed by atoms with Crippen LogP contribution in [0.2, 0.25) is 0 Å². The molecule has 0 saturated carbocycles. The Labute approximate surface area is 98.3 Å². The molecular formula is C14H21NO. The summed E-state index contributed by atoms with van der Waals surface area (Å²) >= 11 is 0. The van der Waals surface area contributed by atoms with Crippen molar-refractivity contribution >= 4 is 12.0 Å². The molecule has 0 aromatic heterocycles. The van der Waals surface area contributed by atoms with E-state index in [2.05, 4.69) is 36.9 Å². The largest absolute Gasteiger partial charge is 0.373 e. The van der Waals surface area contributed by atoms with Crippen molar-refractivity contribution in [2.24, 2.45) is 5.41 Å². The number of hydrogen-bond acceptors (Lipinski definition) is 2. The molecule has 88 valence electrons. The number of aldehydes is 1. The van der Waals surface area contributed by atoms with Crippen LogP contribution in [0.1, 0.15) is 25.0 Å². The van der Waals surface area contributed by atoms with Crippen LogP contribution < -0.4 is 4.90 Å². The van der Waals surface area contributed by atoms with Gasteiger partial charge < -0.3 is 9.69 Å². The van der Waals surface area contributed by atoms with Crippen LogP contribution in [0.5, 0.6) is 0 Å². The maximum Gasteiger partial charge on any atom is 0.127 e. The third kappa shape index (κ3) is 3.09. The van der Waals surface area contributed by atoms with Crippen LogP contribution in [-0.2, 0) is 4.79 Å². The summed E-state index contributed by atoms with van der Waals surface area (Å²) in [6.07, 6.45) is 1.02. The van der Waals surface area contributed by atoms with Gasteiger partial charge in [-0.15, -0.1) is 0 Å². The molecule has 2 heteroatoms. The minimum Gasteiger partial charge on any atom is -0.373 e. The minimum absolute atomic E-state index is 0.300. The Bertz CT molecular complexity index is 382. The number of nitrogens with zero attached hydrogens (tertiary/aromatic N) is 1. The van der Waals surface area contributed by atoms with E-state index in [1.54, 1.807) is 0 Å². The molecule has 16 heavy (non-hydrogen) atoms. The Morgan fingerprint density at radius 2 is 1.94 bits per heavy atom. The molecule has 0 spiro atoms. The summed E-state index contributed by atoms with van der Waals surface area (Å²) in [7, 11) is 2.03. The molecule has 0 fully saturated rings. The fourth-order valence-corrected chi connectivity index (χ4v) is 1.97. The molecule has 0 amide bonds. The summed E-state index contributed by atoms with van der Waals surface area (Å²) in [4.78, 5) is 13.0. The molecule has 0 aliphatic rings. The van der Waals surface area contributed by atoms with Crippen molar-refractivity contribution in [2.75, 3.05) is 18.5 Å². The summed E-state index contributed by atoms with van der Waals surface area (Å²) < 4.78 is 0. The first-order valence-electron chi connectivity index (χ1n) is 5.60. The second-order valence-electron chi connectivity index (χ2n) is 5.25. The van der Waals surface area contributed by atoms with Gasteiger partial charge in [0, 0.05) is 24.7 Å². The number of carbonyl (C=O) groups excluding carboxylic acids is 1. The lowest BCUT2D eigenvalue weighted by Crippen LogP contribution is -2.32. The fraction of sp³-hybridized carbons (Fsp3) is 0.500. The van der Waals surface area contributed by atoms with Crippen LogP contribution in [0.15, 0.2) is 18.2 Å². The van der Waals surface area contributed by atoms with Crippen LogP contribution in [-0.4, -0.2) is 19.9 Å². The van der Waals surface area contributed by atoms with Gasteiger partial charge in [-0.3, -0.25) is 0 Å². The van der Waals surface area contributed by atoms with E-state index in [0.717, 1.165) is 12.8 Å². The lowest BCUT2D eigenvalue weighted by Gasteiger charge is -2.28. The van der Waals surface area contributed by atoms with Crippen molar-refractivity contribution in [3.05, 3.63) is 29.3 Å². The van der Waals surface area contributed by atoms with Crippen molar-refractivity contribution in [3.8, 4) is 0 Å². The maximum absolute atomic E-state index is 10.9. The molecule has 1 aromatic carbocycles. The van der Waals surface area contributed by atoms with Crippen LogP contribution in [0.4, 0.5) is 5.69 Å². The predicted molar refractivity (Wildman–Crippen MR) is 69.0 cm³/mol. The minimum atomic E-state index is -0.300. The summed E-state index contributed by atoms with van der Waals surface area (Å²) in [6, 6.07) is 6.39. The van der Waals surface area contributed by atoms with Crippen LogP contribution in [0, 0.1) is 19.3 Å². The zero-order valence-corrected chi connectivity index (χ0v) is 10.9. The number of hydrogen-bond donors (Lipinski definition) is 0. The van der Waals surface area contributed by atoms with E-state index in [1.165, 1.54) is 16.8 Å². The van der Waals surface area contributed by atoms with Crippen molar-refractivity contribution in [3.63, 3.8) is 0 Å². The van der Waals surface area contributed by atoms with E-state index < -0.39 is 0 Å². The molecule has 0 unspecified atom stereocenters. The molecule has 0 bridgehead atoms. The van der Waals surface area contributed by atoms with Gasteiger partial charge in [-0.1, -0.05) is 31.5 Å². The highest BCUT2D eigenvalue weighted by Gasteiger charge is 2.19. The van der Waals surface area contributed by atoms with Gasteiger partial charge in [-0.2, -0.15) is 0 Å². The highest BCUT2D eigenvalue weighted by molar-refractivity contribution is 5.61. The first kappa shape index (κ1) is 12.8. The molecule has 0 radical (unpaired) electrons. The first-order valence-corrected chi connectivity index (χ1v) is 5.60. The molecule has 0 aliphatic carbocycles. The smallest absolute Gasteiger partial charge is 0.127 e. The lowest BCUT2D eigenvalue weighted by molar-refractivity contribution is -0.114. The Morgan fingerprint density at radius 1 is 1.31 bits per heavy atom. The number of carbonyl (C=O) groups is 1. The van der Waals surface area contributed by atoms with Crippen LogP contribution in [0.25, 0.3) is 0 Å². The Hall–Kier alpha value is -1.31. The molecule has 0 N–H and O–H groups in total. The molecule has 0 heterocycles. The third-order valence-corrected chi connectivity index (χ3v) is 2.73. The molecule has 2 nitrogen and oxygen atoms in total. The molecule has 1 aromatic rings. The van der Waals surface area contributed by atoms with E-state index >= 15 is 0 Å². The highest BCUT2D eigenvalue weighted by atomic mass is 16.1. The van der Waals surface area contributed by atoms with Gasteiger partial charge in [-0.25, -0.2) is 0 Å². The molecule has 1 rings (SSSR count). The quantitative estimate of drug-likeness (QED) is 0.726. The van der Waals surface area contributed by atoms with E-state index in [0.29, 0.717) is 0 Å². The van der Waals surface area contributed by atoms with Crippen molar-refractivity contribution in [1.82, 2.24) is 0 Å². The zero-order valence-electron chi connectivity index (χ0n) is 10.9. The summed E-state index contributed by atoms with van der Waals surface area (Å²) in [5, 5.41) is 0. The average Bonchev–Trinajstić information content (AvgIpc) is 2.16. The Morgan fingerprint density at radius 3 is 2.44 bits per heavy atom. The van der Waals surface area contributed by atoms with Crippen molar-refractivity contribution < 1.29 is 4.79 Å². The van der Waals surface area contributed by atoms with Gasteiger partial charge >= 0.3 is 0 Å². The van der Waals surface area contributed by atoms with Crippen LogP contribution in [0.3, 0.4) is 0 Å². The SMILES string of the molecule is Cc1ccc(N(C)CC(C)(C)C=O)c(C)c1. The third-order valence-electron chi connectivity index (χ3n) is 2.73. The standard InChI is InChI=1S/C14H21NO/c1-11-6-7-13(12(2)8-11)15(5)9-14(3,4)10-16/h6-8,10H,9H2,1-5H3. The van der Waals surface area contributed by atoms with Gasteiger partial charge in [-0.05, 0) is 25.5 Å². The fourth-order valence-electron chi connectivity index (χ4n) is 1.97. The van der Waals surface area contributed by atoms with Gasteiger partial charge in [0.1, 0.15) is 6.29 Å². The number of rotatable bonds is 4. The van der Waals surface area contributed by atoms with E-state index in [-0.39, 0.29) is 5.41 Å². The molecule has 0 saturated heterocycles. The van der Waals surface area contributed by atoms with Crippen LogP contribution >= 0.6 is 0 Å². The highest BCUT2D eigenvalue weighted by Crippen LogP contribution is 2.23. The van der Waals surface area contributed by atoms with Gasteiger partial charge in [0.15, 0.2) is 0 Å². The number of benzene rings is 1. The number of aryl methyl sites for hydroxylation is 2. The molecular weight excluding hydrogens is 198 g/mol. The van der Waals surface area contributed by atoms with E-state index in [9.17, 15) is 4.79 Å². The summed E-state index contributed by atoms with van der Waals surface area (Å²) in [5.74, 6) is 0. The summed E-state index contributed by atoms with van der Waals surface area (Å²) in [6.45, 7) is 8.85. The Kier molecular flexibility index (Phi) is 3.74. The monoisotopic (exact) mass is 219 g/mol. The Balaban J connectivity index is 2.88. The van der Waals surface area contributed by atoms with Gasteiger partial charge in [0.05, 0.1) is 0 Å². The molecule has 0 aliphatic heterocycles. The van der Waals surface area contributed by atoms with E-state index in [1.807, 2.05) is 20.9 Å². The maximum atomic E-state index is 10.9. The van der Waals surface area contributed by atoms with Gasteiger partial charge in [0.25, 0.3) is 0 Å². The lowest BCUT2D eigenvalue weighted by atomic mass is 9.95. The zero-order chi connectivity index (χ0) is 12.3.